The van der Waals surface area contributed by atoms with Crippen LogP contribution >= 0.6 is 0 Å². The second-order valence-electron chi connectivity index (χ2n) is 5.63. The summed E-state index contributed by atoms with van der Waals surface area (Å²) in [4.78, 5) is 22.6. The Kier molecular flexibility index (Phi) is 5.20. The molecule has 0 saturated carbocycles. The summed E-state index contributed by atoms with van der Waals surface area (Å²) >= 11 is 0. The fourth-order valence-corrected chi connectivity index (χ4v) is 2.49. The molecule has 1 aliphatic rings. The third-order valence-corrected chi connectivity index (χ3v) is 3.85. The molecule has 1 aromatic carbocycles. The molecular weight excluding hydrogens is 268 g/mol. The number of carboxylic acids is 1. The topological polar surface area (TPSA) is 78.4 Å². The van der Waals surface area contributed by atoms with Crippen molar-refractivity contribution >= 4 is 17.6 Å². The van der Waals surface area contributed by atoms with Gasteiger partial charge in [0, 0.05) is 30.8 Å². The average molecular weight is 290 g/mol. The maximum absolute atomic E-state index is 12.1. The third kappa shape index (κ3) is 4.48. The molecule has 0 saturated heterocycles. The molecule has 3 N–H and O–H groups in total. The predicted molar refractivity (Wildman–Crippen MR) is 81.6 cm³/mol. The monoisotopic (exact) mass is 290 g/mol. The number of anilines is 1. The Morgan fingerprint density at radius 2 is 2.19 bits per heavy atom. The van der Waals surface area contributed by atoms with Gasteiger partial charge in [-0.15, -0.1) is 0 Å². The highest BCUT2D eigenvalue weighted by Gasteiger charge is 2.13. The van der Waals surface area contributed by atoms with Crippen molar-refractivity contribution in [1.82, 2.24) is 5.32 Å². The molecule has 0 bridgehead atoms. The quantitative estimate of drug-likeness (QED) is 0.720. The third-order valence-electron chi connectivity index (χ3n) is 3.85. The normalized spacial score (nSPS) is 14.1. The molecule has 5 nitrogen and oxygen atoms in total. The lowest BCUT2D eigenvalue weighted by Crippen LogP contribution is -2.25. The van der Waals surface area contributed by atoms with Gasteiger partial charge in [0.15, 0.2) is 0 Å². The summed E-state index contributed by atoms with van der Waals surface area (Å²) in [6, 6.07) is 5.73. The molecular formula is C16H22N2O3. The number of fused-ring (bicyclic) bond motifs is 1. The van der Waals surface area contributed by atoms with Gasteiger partial charge in [-0.25, -0.2) is 0 Å². The number of benzene rings is 1. The Morgan fingerprint density at radius 1 is 1.38 bits per heavy atom. The van der Waals surface area contributed by atoms with Crippen LogP contribution in [0.2, 0.25) is 0 Å². The van der Waals surface area contributed by atoms with Crippen LogP contribution in [0.5, 0.6) is 0 Å². The smallest absolute Gasteiger partial charge is 0.303 e. The average Bonchev–Trinajstić information content (AvgIpc) is 2.92. The van der Waals surface area contributed by atoms with Gasteiger partial charge in [0.25, 0.3) is 5.91 Å². The van der Waals surface area contributed by atoms with Crippen LogP contribution in [0.4, 0.5) is 5.69 Å². The minimum Gasteiger partial charge on any atom is -0.481 e. The second kappa shape index (κ2) is 7.11. The highest BCUT2D eigenvalue weighted by Crippen LogP contribution is 2.22. The lowest BCUT2D eigenvalue weighted by Gasteiger charge is -2.11. The van der Waals surface area contributed by atoms with E-state index in [1.165, 1.54) is 5.56 Å². The van der Waals surface area contributed by atoms with Gasteiger partial charge < -0.3 is 15.7 Å². The molecule has 0 aromatic heterocycles. The van der Waals surface area contributed by atoms with Crippen molar-refractivity contribution in [3.8, 4) is 0 Å². The molecule has 5 heteroatoms. The van der Waals surface area contributed by atoms with Crippen molar-refractivity contribution in [3.63, 3.8) is 0 Å². The highest BCUT2D eigenvalue weighted by atomic mass is 16.4. The van der Waals surface area contributed by atoms with Crippen LogP contribution in [0.15, 0.2) is 18.2 Å². The largest absolute Gasteiger partial charge is 0.481 e. The number of carboxylic acid groups (broad SMARTS) is 1. The van der Waals surface area contributed by atoms with Crippen molar-refractivity contribution in [2.45, 2.75) is 32.6 Å². The summed E-state index contributed by atoms with van der Waals surface area (Å²) in [6.07, 6.45) is 2.59. The van der Waals surface area contributed by atoms with E-state index >= 15 is 0 Å². The van der Waals surface area contributed by atoms with Crippen LogP contribution in [-0.2, 0) is 11.2 Å². The Bertz CT molecular complexity index is 528. The number of carbonyl (C=O) groups is 2. The Morgan fingerprint density at radius 3 is 2.95 bits per heavy atom. The van der Waals surface area contributed by atoms with E-state index in [0.29, 0.717) is 24.4 Å². The first-order chi connectivity index (χ1) is 10.1. The number of carbonyl (C=O) groups excluding carboxylic acids is 1. The number of nitrogens with one attached hydrogen (secondary N) is 2. The molecule has 1 aliphatic heterocycles. The molecule has 0 radical (unpaired) electrons. The van der Waals surface area contributed by atoms with E-state index in [2.05, 4.69) is 10.6 Å². The van der Waals surface area contributed by atoms with E-state index in [-0.39, 0.29) is 12.3 Å². The Labute approximate surface area is 124 Å². The maximum atomic E-state index is 12.1. The predicted octanol–water partition coefficient (Wildman–Crippen LogP) is 2.28. The zero-order valence-electron chi connectivity index (χ0n) is 12.3. The molecule has 1 heterocycles. The number of hydrogen-bond donors (Lipinski definition) is 3. The molecule has 114 valence electrons. The second-order valence-corrected chi connectivity index (χ2v) is 5.63. The van der Waals surface area contributed by atoms with Crippen molar-refractivity contribution in [3.05, 3.63) is 29.3 Å². The van der Waals surface area contributed by atoms with Crippen LogP contribution in [0.1, 0.15) is 42.1 Å². The van der Waals surface area contributed by atoms with Crippen molar-refractivity contribution in [1.29, 1.82) is 0 Å². The zero-order chi connectivity index (χ0) is 15.2. The molecule has 1 unspecified atom stereocenters. The zero-order valence-corrected chi connectivity index (χ0v) is 12.3. The molecule has 21 heavy (non-hydrogen) atoms. The van der Waals surface area contributed by atoms with Crippen LogP contribution in [0, 0.1) is 5.92 Å². The highest BCUT2D eigenvalue weighted by molar-refractivity contribution is 5.95. The Balaban J connectivity index is 1.76. The Hall–Kier alpha value is -2.04. The first-order valence-corrected chi connectivity index (χ1v) is 7.43. The summed E-state index contributed by atoms with van der Waals surface area (Å²) in [5, 5.41) is 14.8. The summed E-state index contributed by atoms with van der Waals surface area (Å²) in [5.74, 6) is -0.529. The van der Waals surface area contributed by atoms with E-state index < -0.39 is 5.97 Å². The van der Waals surface area contributed by atoms with Gasteiger partial charge in [-0.05, 0) is 48.9 Å². The van der Waals surface area contributed by atoms with Gasteiger partial charge in [0.1, 0.15) is 0 Å². The molecule has 0 spiro atoms. The standard InChI is InChI=1S/C16H22N2O3/c1-11(2-5-15(19)20)6-8-18-16(21)13-3-4-14-12(10-13)7-9-17-14/h3-4,10-11,17H,2,5-9H2,1H3,(H,18,21)(H,19,20). The van der Waals surface area contributed by atoms with Crippen LogP contribution < -0.4 is 10.6 Å². The fraction of sp³-hybridized carbons (Fsp3) is 0.500. The molecule has 2 rings (SSSR count). The van der Waals surface area contributed by atoms with Crippen LogP contribution in [-0.4, -0.2) is 30.1 Å². The van der Waals surface area contributed by atoms with Gasteiger partial charge >= 0.3 is 5.97 Å². The molecule has 0 aliphatic carbocycles. The summed E-state index contributed by atoms with van der Waals surface area (Å²) in [7, 11) is 0. The number of hydrogen-bond acceptors (Lipinski definition) is 3. The summed E-state index contributed by atoms with van der Waals surface area (Å²) in [5.41, 5.74) is 3.00. The minimum atomic E-state index is -0.766. The maximum Gasteiger partial charge on any atom is 0.303 e. The van der Waals surface area contributed by atoms with Gasteiger partial charge in [-0.3, -0.25) is 9.59 Å². The molecule has 1 atom stereocenters. The molecule has 1 amide bonds. The van der Waals surface area contributed by atoms with Gasteiger partial charge in [-0.2, -0.15) is 0 Å². The number of rotatable bonds is 7. The number of amides is 1. The summed E-state index contributed by atoms with van der Waals surface area (Å²) in [6.45, 7) is 3.52. The fourth-order valence-electron chi connectivity index (χ4n) is 2.49. The van der Waals surface area contributed by atoms with Crippen LogP contribution in [0.25, 0.3) is 0 Å². The lowest BCUT2D eigenvalue weighted by molar-refractivity contribution is -0.137. The van der Waals surface area contributed by atoms with E-state index in [4.69, 9.17) is 5.11 Å². The van der Waals surface area contributed by atoms with E-state index in [1.807, 2.05) is 25.1 Å². The number of aliphatic carboxylic acids is 1. The SMILES string of the molecule is CC(CCNC(=O)c1ccc2c(c1)CCN2)CCC(=O)O. The van der Waals surface area contributed by atoms with E-state index in [9.17, 15) is 9.59 Å². The molecule has 0 fully saturated rings. The van der Waals surface area contributed by atoms with Gasteiger partial charge in [0.2, 0.25) is 0 Å². The molecule has 1 aromatic rings. The first kappa shape index (κ1) is 15.4. The van der Waals surface area contributed by atoms with Crippen molar-refractivity contribution in [2.24, 2.45) is 5.92 Å². The van der Waals surface area contributed by atoms with E-state index in [1.54, 1.807) is 0 Å². The lowest BCUT2D eigenvalue weighted by atomic mass is 10.0. The van der Waals surface area contributed by atoms with Crippen molar-refractivity contribution in [2.75, 3.05) is 18.4 Å². The van der Waals surface area contributed by atoms with Crippen LogP contribution in [0.3, 0.4) is 0 Å². The van der Waals surface area contributed by atoms with E-state index in [0.717, 1.165) is 25.1 Å². The summed E-state index contributed by atoms with van der Waals surface area (Å²) < 4.78 is 0. The van der Waals surface area contributed by atoms with Crippen molar-refractivity contribution < 1.29 is 14.7 Å². The first-order valence-electron chi connectivity index (χ1n) is 7.43. The van der Waals surface area contributed by atoms with Gasteiger partial charge in [-0.1, -0.05) is 6.92 Å². The minimum absolute atomic E-state index is 0.0601. The van der Waals surface area contributed by atoms with Gasteiger partial charge in [0.05, 0.1) is 0 Å².